The van der Waals surface area contributed by atoms with Gasteiger partial charge in [0.1, 0.15) is 0 Å². The molecule has 0 saturated heterocycles. The molecule has 0 saturated carbocycles. The fourth-order valence-corrected chi connectivity index (χ4v) is 4.19. The highest BCUT2D eigenvalue weighted by Gasteiger charge is 2.15. The van der Waals surface area contributed by atoms with Crippen LogP contribution in [0.15, 0.2) is 60.3 Å². The maximum absolute atomic E-state index is 12.5. The van der Waals surface area contributed by atoms with E-state index < -0.39 is 0 Å². The summed E-state index contributed by atoms with van der Waals surface area (Å²) in [5.74, 6) is 1.50. The van der Waals surface area contributed by atoms with Crippen LogP contribution in [0, 0.1) is 13.8 Å². The summed E-state index contributed by atoms with van der Waals surface area (Å²) in [4.78, 5) is 24.9. The number of amides is 2. The minimum Gasteiger partial charge on any atom is -0.493 e. The van der Waals surface area contributed by atoms with Crippen molar-refractivity contribution in [3.63, 3.8) is 0 Å². The number of thioether (sulfide) groups is 1. The molecule has 0 fully saturated rings. The smallest absolute Gasteiger partial charge is 0.244 e. The summed E-state index contributed by atoms with van der Waals surface area (Å²) in [6.07, 6.45) is 4.83. The molecular formula is C27H31N5O4S. The van der Waals surface area contributed by atoms with Gasteiger partial charge in [-0.2, -0.15) is 0 Å². The normalized spacial score (nSPS) is 10.8. The second-order valence-corrected chi connectivity index (χ2v) is 8.99. The van der Waals surface area contributed by atoms with Crippen molar-refractivity contribution in [3.05, 3.63) is 77.6 Å². The topological polar surface area (TPSA) is 107 Å². The summed E-state index contributed by atoms with van der Waals surface area (Å²) in [6.45, 7) is 8.38. The van der Waals surface area contributed by atoms with Crippen LogP contribution in [-0.4, -0.2) is 46.6 Å². The first-order valence-electron chi connectivity index (χ1n) is 11.6. The summed E-state index contributed by atoms with van der Waals surface area (Å²) in [5.41, 5.74) is 3.73. The number of nitrogens with zero attached hydrogens (tertiary/aromatic N) is 3. The largest absolute Gasteiger partial charge is 0.493 e. The lowest BCUT2D eigenvalue weighted by Gasteiger charge is -2.11. The third-order valence-corrected chi connectivity index (χ3v) is 6.54. The van der Waals surface area contributed by atoms with Gasteiger partial charge in [0.25, 0.3) is 0 Å². The minimum absolute atomic E-state index is 0.137. The van der Waals surface area contributed by atoms with Crippen molar-refractivity contribution in [2.24, 2.45) is 0 Å². The Morgan fingerprint density at radius 2 is 1.89 bits per heavy atom. The number of hydrogen-bond donors (Lipinski definition) is 2. The Morgan fingerprint density at radius 3 is 2.62 bits per heavy atom. The van der Waals surface area contributed by atoms with Gasteiger partial charge in [-0.25, -0.2) is 0 Å². The molecule has 0 aliphatic carbocycles. The molecule has 0 aliphatic heterocycles. The first-order valence-corrected chi connectivity index (χ1v) is 12.5. The van der Waals surface area contributed by atoms with Crippen LogP contribution in [0.25, 0.3) is 6.08 Å². The predicted octanol–water partition coefficient (Wildman–Crippen LogP) is 4.16. The number of nitrogens with one attached hydrogen (secondary N) is 2. The van der Waals surface area contributed by atoms with Gasteiger partial charge in [-0.05, 0) is 54.8 Å². The van der Waals surface area contributed by atoms with E-state index in [1.165, 1.54) is 17.8 Å². The van der Waals surface area contributed by atoms with Gasteiger partial charge in [-0.1, -0.05) is 36.0 Å². The zero-order valence-corrected chi connectivity index (χ0v) is 22.2. The maximum atomic E-state index is 12.5. The Labute approximate surface area is 221 Å². The number of aromatic nitrogens is 3. The molecule has 37 heavy (non-hydrogen) atoms. The average molecular weight is 522 g/mol. The summed E-state index contributed by atoms with van der Waals surface area (Å²) >= 11 is 1.27. The number of hydrogen-bond acceptors (Lipinski definition) is 7. The van der Waals surface area contributed by atoms with Gasteiger partial charge in [0.05, 0.1) is 26.5 Å². The molecule has 0 atom stereocenters. The molecular weight excluding hydrogens is 490 g/mol. The highest BCUT2D eigenvalue weighted by atomic mass is 32.2. The molecule has 3 aromatic rings. The van der Waals surface area contributed by atoms with Gasteiger partial charge >= 0.3 is 0 Å². The standard InChI is InChI=1S/C27H31N5O4S/c1-6-14-32-24(16-28-25(33)13-11-20-10-12-22(35-4)23(15-20)36-5)30-31-27(32)37-17-26(34)29-21-9-7-8-18(2)19(21)3/h6-13,15H,1,14,16-17H2,2-5H3,(H,28,33)(H,29,34)/b13-11+. The first-order chi connectivity index (χ1) is 17.9. The van der Waals surface area contributed by atoms with Crippen molar-refractivity contribution in [2.75, 3.05) is 25.3 Å². The molecule has 0 unspecified atom stereocenters. The minimum atomic E-state index is -0.287. The molecule has 0 spiro atoms. The van der Waals surface area contributed by atoms with Crippen LogP contribution in [0.4, 0.5) is 5.69 Å². The van der Waals surface area contributed by atoms with Crippen molar-refractivity contribution in [2.45, 2.75) is 32.1 Å². The second-order valence-electron chi connectivity index (χ2n) is 8.05. The lowest BCUT2D eigenvalue weighted by molar-refractivity contribution is -0.116. The van der Waals surface area contributed by atoms with E-state index >= 15 is 0 Å². The van der Waals surface area contributed by atoms with E-state index in [9.17, 15) is 9.59 Å². The zero-order valence-electron chi connectivity index (χ0n) is 21.4. The van der Waals surface area contributed by atoms with Crippen molar-refractivity contribution in [3.8, 4) is 11.5 Å². The number of carbonyl (C=O) groups is 2. The molecule has 0 aliphatic rings. The van der Waals surface area contributed by atoms with E-state index in [1.807, 2.05) is 42.7 Å². The number of carbonyl (C=O) groups excluding carboxylic acids is 2. The van der Waals surface area contributed by atoms with Gasteiger partial charge in [0.2, 0.25) is 11.8 Å². The van der Waals surface area contributed by atoms with Crippen LogP contribution in [0.2, 0.25) is 0 Å². The summed E-state index contributed by atoms with van der Waals surface area (Å²) in [5, 5.41) is 14.7. The molecule has 0 bridgehead atoms. The number of anilines is 1. The highest BCUT2D eigenvalue weighted by molar-refractivity contribution is 7.99. The van der Waals surface area contributed by atoms with E-state index in [-0.39, 0.29) is 24.1 Å². The molecule has 2 amide bonds. The molecule has 3 rings (SSSR count). The lowest BCUT2D eigenvalue weighted by atomic mass is 10.1. The Bertz CT molecular complexity index is 1300. The molecule has 0 radical (unpaired) electrons. The number of methoxy groups -OCH3 is 2. The Kier molecular flexibility index (Phi) is 9.91. The Morgan fingerprint density at radius 1 is 1.11 bits per heavy atom. The van der Waals surface area contributed by atoms with Crippen LogP contribution >= 0.6 is 11.8 Å². The monoisotopic (exact) mass is 521 g/mol. The van der Waals surface area contributed by atoms with E-state index in [2.05, 4.69) is 27.4 Å². The third kappa shape index (κ3) is 7.47. The molecule has 2 N–H and O–H groups in total. The van der Waals surface area contributed by atoms with Crippen LogP contribution in [0.5, 0.6) is 11.5 Å². The third-order valence-electron chi connectivity index (χ3n) is 5.57. The molecule has 1 aromatic heterocycles. The van der Waals surface area contributed by atoms with Crippen molar-refractivity contribution in [1.82, 2.24) is 20.1 Å². The summed E-state index contributed by atoms with van der Waals surface area (Å²) < 4.78 is 12.3. The number of ether oxygens (including phenoxy) is 2. The van der Waals surface area contributed by atoms with Crippen LogP contribution in [0.1, 0.15) is 22.5 Å². The molecule has 10 heteroatoms. The Balaban J connectivity index is 1.58. The predicted molar refractivity (Wildman–Crippen MR) is 146 cm³/mol. The van der Waals surface area contributed by atoms with Gasteiger partial charge in [-0.3, -0.25) is 9.59 Å². The second kappa shape index (κ2) is 13.3. The maximum Gasteiger partial charge on any atom is 0.244 e. The SMILES string of the molecule is C=CCn1c(CNC(=O)/C=C/c2ccc(OC)c(OC)c2)nnc1SCC(=O)Nc1cccc(C)c1C. The van der Waals surface area contributed by atoms with Crippen molar-refractivity contribution in [1.29, 1.82) is 0 Å². The zero-order chi connectivity index (χ0) is 26.8. The van der Waals surface area contributed by atoms with Crippen LogP contribution in [0.3, 0.4) is 0 Å². The first kappa shape index (κ1) is 27.5. The number of aryl methyl sites for hydroxylation is 1. The number of allylic oxidation sites excluding steroid dienone is 1. The highest BCUT2D eigenvalue weighted by Crippen LogP contribution is 2.28. The fourth-order valence-electron chi connectivity index (χ4n) is 3.43. The molecule has 194 valence electrons. The number of rotatable bonds is 12. The molecule has 1 heterocycles. The quantitative estimate of drug-likeness (QED) is 0.209. The van der Waals surface area contributed by atoms with Gasteiger partial charge < -0.3 is 24.7 Å². The Hall–Kier alpha value is -4.05. The summed E-state index contributed by atoms with van der Waals surface area (Å²) in [7, 11) is 3.12. The fraction of sp³-hybridized carbons (Fsp3) is 0.259. The summed E-state index contributed by atoms with van der Waals surface area (Å²) in [6, 6.07) is 11.2. The van der Waals surface area contributed by atoms with Crippen LogP contribution in [-0.2, 0) is 22.7 Å². The number of benzene rings is 2. The van der Waals surface area contributed by atoms with E-state index in [0.717, 1.165) is 22.4 Å². The van der Waals surface area contributed by atoms with Gasteiger partial charge in [-0.15, -0.1) is 16.8 Å². The lowest BCUT2D eigenvalue weighted by Crippen LogP contribution is -2.23. The van der Waals surface area contributed by atoms with Crippen molar-refractivity contribution < 1.29 is 19.1 Å². The van der Waals surface area contributed by atoms with E-state index in [0.29, 0.717) is 29.0 Å². The van der Waals surface area contributed by atoms with Gasteiger partial charge in [0.15, 0.2) is 22.5 Å². The van der Waals surface area contributed by atoms with Crippen molar-refractivity contribution >= 4 is 35.3 Å². The molecule has 2 aromatic carbocycles. The van der Waals surface area contributed by atoms with Gasteiger partial charge in [0, 0.05) is 18.3 Å². The van der Waals surface area contributed by atoms with E-state index in [1.54, 1.807) is 38.5 Å². The average Bonchev–Trinajstić information content (AvgIpc) is 3.28. The molecule has 9 nitrogen and oxygen atoms in total. The van der Waals surface area contributed by atoms with Crippen LogP contribution < -0.4 is 20.1 Å². The van der Waals surface area contributed by atoms with E-state index in [4.69, 9.17) is 9.47 Å².